The van der Waals surface area contributed by atoms with E-state index in [2.05, 4.69) is 5.32 Å². The van der Waals surface area contributed by atoms with Crippen molar-refractivity contribution in [3.05, 3.63) is 0 Å². The number of nitrogens with two attached hydrogens (primary N) is 1. The predicted octanol–water partition coefficient (Wildman–Crippen LogP) is -0.0441. The Morgan fingerprint density at radius 2 is 2.06 bits per heavy atom. The number of nitrogens with one attached hydrogen (secondary N) is 1. The molecule has 0 saturated heterocycles. The summed E-state index contributed by atoms with van der Waals surface area (Å²) in [7, 11) is 1.57. The van der Waals surface area contributed by atoms with Crippen LogP contribution < -0.4 is 11.1 Å². The van der Waals surface area contributed by atoms with E-state index in [0.717, 1.165) is 6.42 Å². The zero-order chi connectivity index (χ0) is 12.6. The third-order valence-electron chi connectivity index (χ3n) is 2.38. The van der Waals surface area contributed by atoms with E-state index < -0.39 is 0 Å². The van der Waals surface area contributed by atoms with Crippen LogP contribution in [0.4, 0.5) is 0 Å². The largest absolute Gasteiger partial charge is 0.358 e. The number of carbonyl (C=O) groups is 2. The fraction of sp³-hybridized carbons (Fsp3) is 0.818. The van der Waals surface area contributed by atoms with Gasteiger partial charge in [0.2, 0.25) is 11.8 Å². The highest BCUT2D eigenvalue weighted by atomic mass is 16.2. The molecule has 0 rings (SSSR count). The van der Waals surface area contributed by atoms with E-state index in [1.807, 2.05) is 13.8 Å². The van der Waals surface area contributed by atoms with E-state index >= 15 is 0 Å². The van der Waals surface area contributed by atoms with Gasteiger partial charge < -0.3 is 16.0 Å². The topological polar surface area (TPSA) is 75.4 Å². The van der Waals surface area contributed by atoms with Gasteiger partial charge in [0.15, 0.2) is 0 Å². The van der Waals surface area contributed by atoms with Gasteiger partial charge in [-0.05, 0) is 18.9 Å². The molecule has 3 N–H and O–H groups in total. The van der Waals surface area contributed by atoms with Crippen LogP contribution in [0.5, 0.6) is 0 Å². The van der Waals surface area contributed by atoms with Crippen LogP contribution in [0.15, 0.2) is 0 Å². The summed E-state index contributed by atoms with van der Waals surface area (Å²) in [5.74, 6) is 0.0298. The molecule has 0 aromatic heterocycles. The highest BCUT2D eigenvalue weighted by Crippen LogP contribution is 2.04. The maximum atomic E-state index is 11.8. The number of hydrogen-bond acceptors (Lipinski definition) is 3. The number of amides is 2. The zero-order valence-corrected chi connectivity index (χ0v) is 10.5. The van der Waals surface area contributed by atoms with Crippen molar-refractivity contribution in [3.8, 4) is 0 Å². The van der Waals surface area contributed by atoms with Gasteiger partial charge in [0.05, 0.1) is 6.54 Å². The minimum absolute atomic E-state index is 0.00315. The number of carbonyl (C=O) groups excluding carboxylic acids is 2. The molecule has 5 heteroatoms. The van der Waals surface area contributed by atoms with Crippen molar-refractivity contribution in [2.24, 2.45) is 11.7 Å². The summed E-state index contributed by atoms with van der Waals surface area (Å²) in [4.78, 5) is 24.7. The summed E-state index contributed by atoms with van der Waals surface area (Å²) in [6.07, 6.45) is 1.26. The van der Waals surface area contributed by atoms with E-state index in [-0.39, 0.29) is 24.3 Å². The Labute approximate surface area is 97.4 Å². The zero-order valence-electron chi connectivity index (χ0n) is 10.5. The maximum absolute atomic E-state index is 11.8. The highest BCUT2D eigenvalue weighted by molar-refractivity contribution is 5.84. The van der Waals surface area contributed by atoms with Crippen LogP contribution in [0.25, 0.3) is 0 Å². The molecule has 0 saturated carbocycles. The summed E-state index contributed by atoms with van der Waals surface area (Å²) in [6, 6.07) is 0. The van der Waals surface area contributed by atoms with Crippen LogP contribution >= 0.6 is 0 Å². The molecule has 0 fully saturated rings. The van der Waals surface area contributed by atoms with Crippen molar-refractivity contribution in [2.45, 2.75) is 26.7 Å². The van der Waals surface area contributed by atoms with Gasteiger partial charge in [0.1, 0.15) is 0 Å². The lowest BCUT2D eigenvalue weighted by Crippen LogP contribution is -2.40. The summed E-state index contributed by atoms with van der Waals surface area (Å²) in [6.45, 7) is 5.16. The Balaban J connectivity index is 4.28. The molecule has 0 aliphatic rings. The molecule has 1 atom stereocenters. The molecule has 16 heavy (non-hydrogen) atoms. The van der Waals surface area contributed by atoms with Crippen molar-refractivity contribution in [2.75, 3.05) is 26.7 Å². The molecule has 0 aromatic rings. The van der Waals surface area contributed by atoms with Crippen molar-refractivity contribution in [1.29, 1.82) is 0 Å². The smallest absolute Gasteiger partial charge is 0.239 e. The molecule has 0 aliphatic heterocycles. The van der Waals surface area contributed by atoms with Gasteiger partial charge in [-0.2, -0.15) is 0 Å². The lowest BCUT2D eigenvalue weighted by molar-refractivity contribution is -0.136. The summed E-state index contributed by atoms with van der Waals surface area (Å²) >= 11 is 0. The summed E-state index contributed by atoms with van der Waals surface area (Å²) in [5.41, 5.74) is 5.47. The van der Waals surface area contributed by atoms with Crippen LogP contribution in [0, 0.1) is 5.92 Å². The van der Waals surface area contributed by atoms with E-state index in [9.17, 15) is 9.59 Å². The molecule has 94 valence electrons. The first-order valence-electron chi connectivity index (χ1n) is 5.73. The molecular weight excluding hydrogens is 206 g/mol. The minimum Gasteiger partial charge on any atom is -0.358 e. The normalized spacial score (nSPS) is 12.0. The standard InChI is InChI=1S/C11H23N3O2/c1-4-5-14(8-10(15)13-3)11(16)6-9(2)7-12/h9H,4-8,12H2,1-3H3,(H,13,15). The van der Waals surface area contributed by atoms with Crippen molar-refractivity contribution in [3.63, 3.8) is 0 Å². The van der Waals surface area contributed by atoms with Crippen LogP contribution in [0.3, 0.4) is 0 Å². The highest BCUT2D eigenvalue weighted by Gasteiger charge is 2.17. The summed E-state index contributed by atoms with van der Waals surface area (Å²) < 4.78 is 0. The van der Waals surface area contributed by atoms with Crippen molar-refractivity contribution in [1.82, 2.24) is 10.2 Å². The first-order valence-corrected chi connectivity index (χ1v) is 5.73. The SMILES string of the molecule is CCCN(CC(=O)NC)C(=O)CC(C)CN. The third kappa shape index (κ3) is 5.70. The first-order chi connectivity index (χ1) is 7.54. The second kappa shape index (κ2) is 8.10. The molecule has 1 unspecified atom stereocenters. The van der Waals surface area contributed by atoms with Crippen LogP contribution in [0.1, 0.15) is 26.7 Å². The fourth-order valence-corrected chi connectivity index (χ4v) is 1.32. The Morgan fingerprint density at radius 3 is 2.50 bits per heavy atom. The average Bonchev–Trinajstić information content (AvgIpc) is 2.27. The second-order valence-electron chi connectivity index (χ2n) is 4.03. The molecule has 2 amide bonds. The Bertz CT molecular complexity index is 231. The van der Waals surface area contributed by atoms with Crippen molar-refractivity contribution >= 4 is 11.8 Å². The Morgan fingerprint density at radius 1 is 1.44 bits per heavy atom. The quantitative estimate of drug-likeness (QED) is 0.643. The van der Waals surface area contributed by atoms with E-state index in [0.29, 0.717) is 19.5 Å². The Hall–Kier alpha value is -1.10. The molecule has 0 radical (unpaired) electrons. The molecule has 0 bridgehead atoms. The molecule has 0 aromatic carbocycles. The van der Waals surface area contributed by atoms with Crippen LogP contribution in [-0.4, -0.2) is 43.4 Å². The molecule has 0 heterocycles. The minimum atomic E-state index is -0.137. The van der Waals surface area contributed by atoms with Crippen LogP contribution in [0.2, 0.25) is 0 Å². The van der Waals surface area contributed by atoms with Gasteiger partial charge in [0, 0.05) is 20.0 Å². The molecular formula is C11H23N3O2. The molecule has 0 spiro atoms. The lowest BCUT2D eigenvalue weighted by Gasteiger charge is -2.22. The third-order valence-corrected chi connectivity index (χ3v) is 2.38. The maximum Gasteiger partial charge on any atom is 0.239 e. The number of rotatable bonds is 7. The first kappa shape index (κ1) is 14.9. The van der Waals surface area contributed by atoms with E-state index in [4.69, 9.17) is 5.73 Å². The van der Waals surface area contributed by atoms with Gasteiger partial charge in [-0.1, -0.05) is 13.8 Å². The lowest BCUT2D eigenvalue weighted by atomic mass is 10.1. The summed E-state index contributed by atoms with van der Waals surface area (Å²) in [5, 5.41) is 2.52. The average molecular weight is 229 g/mol. The van der Waals surface area contributed by atoms with Crippen LogP contribution in [-0.2, 0) is 9.59 Å². The predicted molar refractivity (Wildman–Crippen MR) is 63.8 cm³/mol. The van der Waals surface area contributed by atoms with Gasteiger partial charge >= 0.3 is 0 Å². The van der Waals surface area contributed by atoms with E-state index in [1.54, 1.807) is 11.9 Å². The number of hydrogen-bond donors (Lipinski definition) is 2. The molecule has 5 nitrogen and oxygen atoms in total. The fourth-order valence-electron chi connectivity index (χ4n) is 1.32. The van der Waals surface area contributed by atoms with Gasteiger partial charge in [-0.3, -0.25) is 9.59 Å². The van der Waals surface area contributed by atoms with Gasteiger partial charge in [0.25, 0.3) is 0 Å². The van der Waals surface area contributed by atoms with E-state index in [1.165, 1.54) is 0 Å². The Kier molecular flexibility index (Phi) is 7.54. The van der Waals surface area contributed by atoms with Crippen molar-refractivity contribution < 1.29 is 9.59 Å². The van der Waals surface area contributed by atoms with Gasteiger partial charge in [-0.15, -0.1) is 0 Å². The second-order valence-corrected chi connectivity index (χ2v) is 4.03. The number of likely N-dealkylation sites (N-methyl/N-ethyl adjacent to an activating group) is 1. The monoisotopic (exact) mass is 229 g/mol. The number of nitrogens with zero attached hydrogens (tertiary/aromatic N) is 1. The van der Waals surface area contributed by atoms with Gasteiger partial charge in [-0.25, -0.2) is 0 Å². The molecule has 0 aliphatic carbocycles.